The fraction of sp³-hybridized carbons (Fsp3) is 0.300. The van der Waals surface area contributed by atoms with Gasteiger partial charge >= 0.3 is 6.18 Å². The van der Waals surface area contributed by atoms with E-state index in [1.165, 1.54) is 12.1 Å². The van der Waals surface area contributed by atoms with E-state index in [9.17, 15) is 22.4 Å². The molecule has 0 heterocycles. The molecule has 0 unspecified atom stereocenters. The van der Waals surface area contributed by atoms with Gasteiger partial charge in [-0.25, -0.2) is 4.39 Å². The van der Waals surface area contributed by atoms with Crippen molar-refractivity contribution in [3.63, 3.8) is 0 Å². The maximum atomic E-state index is 12.8. The van der Waals surface area contributed by atoms with E-state index in [4.69, 9.17) is 11.6 Å². The van der Waals surface area contributed by atoms with E-state index < -0.39 is 24.4 Å². The second-order valence-corrected chi connectivity index (χ2v) is 3.72. The number of halogens is 5. The predicted octanol–water partition coefficient (Wildman–Crippen LogP) is 2.70. The highest BCUT2D eigenvalue weighted by molar-refractivity contribution is 6.30. The summed E-state index contributed by atoms with van der Waals surface area (Å²) in [5, 5.41) is 1.53. The van der Waals surface area contributed by atoms with Crippen LogP contribution in [0.15, 0.2) is 18.2 Å². The molecule has 0 aromatic heterocycles. The molecule has 0 saturated heterocycles. The van der Waals surface area contributed by atoms with Gasteiger partial charge in [0, 0.05) is 0 Å². The van der Waals surface area contributed by atoms with Gasteiger partial charge in [0.2, 0.25) is 5.91 Å². The highest BCUT2D eigenvalue weighted by Crippen LogP contribution is 2.16. The van der Waals surface area contributed by atoms with Gasteiger partial charge in [-0.2, -0.15) is 13.2 Å². The summed E-state index contributed by atoms with van der Waals surface area (Å²) in [7, 11) is 0. The van der Waals surface area contributed by atoms with Crippen molar-refractivity contribution >= 4 is 17.5 Å². The van der Waals surface area contributed by atoms with Gasteiger partial charge in [0.15, 0.2) is 0 Å². The van der Waals surface area contributed by atoms with Crippen LogP contribution in [0.2, 0.25) is 5.02 Å². The minimum atomic E-state index is -4.45. The number of rotatable bonds is 3. The molecule has 0 radical (unpaired) electrons. The molecular weight excluding hydrogens is 262 g/mol. The summed E-state index contributed by atoms with van der Waals surface area (Å²) >= 11 is 5.46. The van der Waals surface area contributed by atoms with Crippen molar-refractivity contribution in [2.45, 2.75) is 12.6 Å². The van der Waals surface area contributed by atoms with E-state index in [-0.39, 0.29) is 11.4 Å². The molecule has 1 amide bonds. The van der Waals surface area contributed by atoms with Crippen LogP contribution in [0.4, 0.5) is 17.6 Å². The number of amides is 1. The SMILES string of the molecule is O=C(Cc1ccc(F)c(Cl)c1)NCC(F)(F)F. The molecule has 0 bridgehead atoms. The quantitative estimate of drug-likeness (QED) is 0.840. The van der Waals surface area contributed by atoms with Crippen LogP contribution in [-0.4, -0.2) is 18.6 Å². The predicted molar refractivity (Wildman–Crippen MR) is 54.2 cm³/mol. The number of carbonyl (C=O) groups is 1. The van der Waals surface area contributed by atoms with Crippen molar-refractivity contribution in [2.75, 3.05) is 6.54 Å². The fourth-order valence-corrected chi connectivity index (χ4v) is 1.30. The van der Waals surface area contributed by atoms with Gasteiger partial charge in [0.1, 0.15) is 12.4 Å². The highest BCUT2D eigenvalue weighted by Gasteiger charge is 2.27. The molecule has 0 aliphatic heterocycles. The second kappa shape index (κ2) is 5.35. The van der Waals surface area contributed by atoms with Crippen LogP contribution in [0.25, 0.3) is 0 Å². The highest BCUT2D eigenvalue weighted by atomic mass is 35.5. The average Bonchev–Trinajstić information content (AvgIpc) is 2.20. The summed E-state index contributed by atoms with van der Waals surface area (Å²) in [5.74, 6) is -1.45. The molecule has 7 heteroatoms. The number of benzene rings is 1. The molecule has 0 atom stereocenters. The van der Waals surface area contributed by atoms with Crippen LogP contribution >= 0.6 is 11.6 Å². The van der Waals surface area contributed by atoms with Gasteiger partial charge < -0.3 is 5.32 Å². The summed E-state index contributed by atoms with van der Waals surface area (Å²) < 4.78 is 48.1. The first kappa shape index (κ1) is 13.8. The Kier molecular flexibility index (Phi) is 4.34. The van der Waals surface area contributed by atoms with E-state index in [1.54, 1.807) is 5.32 Å². The Bertz CT molecular complexity index is 419. The van der Waals surface area contributed by atoms with Gasteiger partial charge in [-0.3, -0.25) is 4.79 Å². The van der Waals surface area contributed by atoms with Crippen molar-refractivity contribution in [2.24, 2.45) is 0 Å². The maximum Gasteiger partial charge on any atom is 0.405 e. The normalized spacial score (nSPS) is 11.4. The molecule has 94 valence electrons. The van der Waals surface area contributed by atoms with Crippen molar-refractivity contribution in [1.82, 2.24) is 5.32 Å². The zero-order valence-corrected chi connectivity index (χ0v) is 9.20. The molecule has 0 aliphatic carbocycles. The summed E-state index contributed by atoms with van der Waals surface area (Å²) in [6.45, 7) is -1.39. The summed E-state index contributed by atoms with van der Waals surface area (Å²) in [5.41, 5.74) is 0.344. The van der Waals surface area contributed by atoms with Gasteiger partial charge in [0.05, 0.1) is 11.4 Å². The molecule has 1 aromatic carbocycles. The van der Waals surface area contributed by atoms with Gasteiger partial charge in [-0.05, 0) is 17.7 Å². The van der Waals surface area contributed by atoms with Crippen LogP contribution < -0.4 is 5.32 Å². The minimum Gasteiger partial charge on any atom is -0.347 e. The zero-order chi connectivity index (χ0) is 13.1. The standard InChI is InChI=1S/C10H8ClF4NO/c11-7-3-6(1-2-8(7)12)4-9(17)16-5-10(13,14)15/h1-3H,4-5H2,(H,16,17). The van der Waals surface area contributed by atoms with E-state index >= 15 is 0 Å². The third-order valence-electron chi connectivity index (χ3n) is 1.83. The third kappa shape index (κ3) is 5.04. The number of hydrogen-bond donors (Lipinski definition) is 1. The molecule has 2 nitrogen and oxygen atoms in total. The minimum absolute atomic E-state index is 0.175. The van der Waals surface area contributed by atoms with Crippen LogP contribution in [0.3, 0.4) is 0 Å². The zero-order valence-electron chi connectivity index (χ0n) is 8.44. The molecule has 0 fully saturated rings. The lowest BCUT2D eigenvalue weighted by Gasteiger charge is -2.08. The van der Waals surface area contributed by atoms with Crippen molar-refractivity contribution in [3.05, 3.63) is 34.6 Å². The average molecular weight is 270 g/mol. The van der Waals surface area contributed by atoms with E-state index in [2.05, 4.69) is 0 Å². The summed E-state index contributed by atoms with van der Waals surface area (Å²) in [4.78, 5) is 11.1. The Morgan fingerprint density at radius 2 is 2.00 bits per heavy atom. The van der Waals surface area contributed by atoms with Crippen molar-refractivity contribution in [1.29, 1.82) is 0 Å². The molecule has 0 aliphatic rings. The lowest BCUT2D eigenvalue weighted by molar-refractivity contribution is -0.138. The van der Waals surface area contributed by atoms with Crippen molar-refractivity contribution < 1.29 is 22.4 Å². The van der Waals surface area contributed by atoms with E-state index in [0.717, 1.165) is 6.07 Å². The van der Waals surface area contributed by atoms with Crippen LogP contribution in [-0.2, 0) is 11.2 Å². The van der Waals surface area contributed by atoms with Gasteiger partial charge in [-0.1, -0.05) is 17.7 Å². The fourth-order valence-electron chi connectivity index (χ4n) is 1.10. The topological polar surface area (TPSA) is 29.1 Å². The molecule has 1 aromatic rings. The summed E-state index contributed by atoms with van der Waals surface area (Å²) in [6.07, 6.45) is -4.73. The maximum absolute atomic E-state index is 12.8. The Hall–Kier alpha value is -1.30. The monoisotopic (exact) mass is 269 g/mol. The Morgan fingerprint density at radius 3 is 2.53 bits per heavy atom. The summed E-state index contributed by atoms with van der Waals surface area (Å²) in [6, 6.07) is 3.53. The number of carbonyl (C=O) groups excluding carboxylic acids is 1. The third-order valence-corrected chi connectivity index (χ3v) is 2.12. The smallest absolute Gasteiger partial charge is 0.347 e. The largest absolute Gasteiger partial charge is 0.405 e. The Labute approximate surface area is 99.6 Å². The number of hydrogen-bond acceptors (Lipinski definition) is 1. The molecule has 0 spiro atoms. The molecule has 1 N–H and O–H groups in total. The van der Waals surface area contributed by atoms with Gasteiger partial charge in [0.25, 0.3) is 0 Å². The van der Waals surface area contributed by atoms with Gasteiger partial charge in [-0.15, -0.1) is 0 Å². The van der Waals surface area contributed by atoms with Crippen LogP contribution in [0.1, 0.15) is 5.56 Å². The first-order chi connectivity index (χ1) is 7.78. The first-order valence-electron chi connectivity index (χ1n) is 4.55. The Morgan fingerprint density at radius 1 is 1.35 bits per heavy atom. The van der Waals surface area contributed by atoms with E-state index in [1.807, 2.05) is 0 Å². The number of nitrogens with one attached hydrogen (secondary N) is 1. The van der Waals surface area contributed by atoms with Crippen LogP contribution in [0, 0.1) is 5.82 Å². The van der Waals surface area contributed by atoms with Crippen molar-refractivity contribution in [3.8, 4) is 0 Å². The molecule has 1 rings (SSSR count). The molecule has 17 heavy (non-hydrogen) atoms. The van der Waals surface area contributed by atoms with Crippen LogP contribution in [0.5, 0.6) is 0 Å². The second-order valence-electron chi connectivity index (χ2n) is 3.32. The Balaban J connectivity index is 2.54. The lowest BCUT2D eigenvalue weighted by atomic mass is 10.1. The van der Waals surface area contributed by atoms with E-state index in [0.29, 0.717) is 5.56 Å². The molecule has 0 saturated carbocycles. The first-order valence-corrected chi connectivity index (χ1v) is 4.93. The lowest BCUT2D eigenvalue weighted by Crippen LogP contribution is -2.34. The number of alkyl halides is 3. The molecular formula is C10H8ClF4NO.